The van der Waals surface area contributed by atoms with Crippen LogP contribution in [0.3, 0.4) is 0 Å². The van der Waals surface area contributed by atoms with Gasteiger partial charge < -0.3 is 20.1 Å². The Balaban J connectivity index is 4.12. The molecule has 0 spiro atoms. The molecule has 0 aliphatic heterocycles. The molecule has 0 bridgehead atoms. The van der Waals surface area contributed by atoms with Crippen molar-refractivity contribution >= 4 is 35.7 Å². The van der Waals surface area contributed by atoms with E-state index in [0.29, 0.717) is 0 Å². The third kappa shape index (κ3) is 8.33. The number of rotatable bonds is 4. The number of amides is 2. The van der Waals surface area contributed by atoms with Crippen molar-refractivity contribution in [3.05, 3.63) is 0 Å². The van der Waals surface area contributed by atoms with Crippen molar-refractivity contribution in [1.29, 1.82) is 0 Å². The van der Waals surface area contributed by atoms with E-state index in [0.717, 1.165) is 13.8 Å². The van der Waals surface area contributed by atoms with Gasteiger partial charge in [-0.1, -0.05) is 0 Å². The van der Waals surface area contributed by atoms with E-state index in [1.54, 1.807) is 0 Å². The molecule has 0 aromatic heterocycles. The highest BCUT2D eigenvalue weighted by atomic mass is 16.6. The van der Waals surface area contributed by atoms with Crippen LogP contribution in [-0.2, 0) is 38.2 Å². The van der Waals surface area contributed by atoms with Crippen molar-refractivity contribution < 1.29 is 38.2 Å². The van der Waals surface area contributed by atoms with Crippen LogP contribution in [0.5, 0.6) is 0 Å². The van der Waals surface area contributed by atoms with E-state index in [1.807, 2.05) is 10.6 Å². The number of hydrogen-bond acceptors (Lipinski definition) is 8. The lowest BCUT2D eigenvalue weighted by Crippen LogP contribution is -2.35. The Bertz CT molecular complexity index is 414. The predicted octanol–water partition coefficient (Wildman–Crippen LogP) is -2.60. The quantitative estimate of drug-likeness (QED) is 0.325. The van der Waals surface area contributed by atoms with Gasteiger partial charge >= 0.3 is 23.9 Å². The maximum Gasteiger partial charge on any atom is 0.425 e. The first-order chi connectivity index (χ1) is 9.22. The van der Waals surface area contributed by atoms with Gasteiger partial charge in [0.05, 0.1) is 0 Å². The first kappa shape index (κ1) is 17.2. The summed E-state index contributed by atoms with van der Waals surface area (Å²) >= 11 is 0. The van der Waals surface area contributed by atoms with Crippen molar-refractivity contribution in [3.8, 4) is 0 Å². The van der Waals surface area contributed by atoms with Gasteiger partial charge in [-0.3, -0.25) is 9.59 Å². The van der Waals surface area contributed by atoms with Gasteiger partial charge in [-0.2, -0.15) is 0 Å². The summed E-state index contributed by atoms with van der Waals surface area (Å²) < 4.78 is 7.96. The summed E-state index contributed by atoms with van der Waals surface area (Å²) in [6.45, 7) is 1.02. The Kier molecular flexibility index (Phi) is 7.18. The molecule has 0 fully saturated rings. The summed E-state index contributed by atoms with van der Waals surface area (Å²) in [7, 11) is 0. The van der Waals surface area contributed by atoms with E-state index in [1.165, 1.54) is 0 Å². The Labute approximate surface area is 112 Å². The van der Waals surface area contributed by atoms with Crippen molar-refractivity contribution in [3.63, 3.8) is 0 Å². The molecule has 10 nitrogen and oxygen atoms in total. The smallest absolute Gasteiger partial charge is 0.383 e. The molecule has 0 unspecified atom stereocenters. The third-order valence-corrected chi connectivity index (χ3v) is 1.54. The minimum Gasteiger partial charge on any atom is -0.383 e. The Morgan fingerprint density at radius 2 is 1.00 bits per heavy atom. The molecule has 20 heavy (non-hydrogen) atoms. The molecule has 10 heteroatoms. The monoisotopic (exact) mass is 288 g/mol. The normalized spacial score (nSPS) is 9.10. The highest BCUT2D eigenvalue weighted by Crippen LogP contribution is 1.87. The molecule has 0 aliphatic rings. The topological polar surface area (TPSA) is 145 Å². The summed E-state index contributed by atoms with van der Waals surface area (Å²) in [6, 6.07) is 0. The molecule has 0 saturated heterocycles. The van der Waals surface area contributed by atoms with Gasteiger partial charge in [-0.05, 0) is 0 Å². The van der Waals surface area contributed by atoms with E-state index in [2.05, 4.69) is 9.47 Å². The third-order valence-electron chi connectivity index (χ3n) is 1.54. The summed E-state index contributed by atoms with van der Waals surface area (Å²) in [5.74, 6) is -6.90. The van der Waals surface area contributed by atoms with Crippen LogP contribution >= 0.6 is 0 Å². The summed E-state index contributed by atoms with van der Waals surface area (Å²) in [5, 5.41) is 4.06. The van der Waals surface area contributed by atoms with Gasteiger partial charge in [-0.25, -0.2) is 19.2 Å². The van der Waals surface area contributed by atoms with E-state index in [4.69, 9.17) is 0 Å². The van der Waals surface area contributed by atoms with Gasteiger partial charge in [0.1, 0.15) is 13.1 Å². The zero-order valence-corrected chi connectivity index (χ0v) is 10.7. The molecule has 0 rings (SSSR count). The van der Waals surface area contributed by atoms with Crippen LogP contribution in [0.4, 0.5) is 0 Å². The fourth-order valence-corrected chi connectivity index (χ4v) is 0.756. The van der Waals surface area contributed by atoms with Crippen LogP contribution in [0.1, 0.15) is 13.8 Å². The van der Waals surface area contributed by atoms with E-state index in [-0.39, 0.29) is 0 Å². The molecular weight excluding hydrogens is 276 g/mol. The summed E-state index contributed by atoms with van der Waals surface area (Å²) in [5.41, 5.74) is 0. The number of carbonyl (C=O) groups excluding carboxylic acids is 6. The van der Waals surface area contributed by atoms with Crippen molar-refractivity contribution in [2.45, 2.75) is 13.8 Å². The minimum absolute atomic E-state index is 0.539. The van der Waals surface area contributed by atoms with Gasteiger partial charge in [-0.15, -0.1) is 0 Å². The predicted molar refractivity (Wildman–Crippen MR) is 59.6 cm³/mol. The fourth-order valence-electron chi connectivity index (χ4n) is 0.756. The molecule has 0 radical (unpaired) electrons. The van der Waals surface area contributed by atoms with E-state index in [9.17, 15) is 28.8 Å². The Hall–Kier alpha value is -2.78. The maximum absolute atomic E-state index is 11.0. The summed E-state index contributed by atoms with van der Waals surface area (Å²) in [4.78, 5) is 64.8. The largest absolute Gasteiger partial charge is 0.425 e. The number of carbonyl (C=O) groups is 6. The molecule has 0 atom stereocenters. The molecule has 2 amide bonds. The Morgan fingerprint density at radius 1 is 0.700 bits per heavy atom. The second-order valence-corrected chi connectivity index (χ2v) is 3.34. The molecule has 0 aromatic carbocycles. The lowest BCUT2D eigenvalue weighted by molar-refractivity contribution is -0.177. The zero-order valence-electron chi connectivity index (χ0n) is 10.7. The van der Waals surface area contributed by atoms with Crippen LogP contribution in [0.2, 0.25) is 0 Å². The average Bonchev–Trinajstić information content (AvgIpc) is 2.33. The maximum atomic E-state index is 11.0. The Morgan fingerprint density at radius 3 is 1.25 bits per heavy atom. The van der Waals surface area contributed by atoms with Crippen LogP contribution in [0, 0.1) is 0 Å². The molecule has 0 aliphatic carbocycles. The van der Waals surface area contributed by atoms with E-state index < -0.39 is 48.8 Å². The van der Waals surface area contributed by atoms with Gasteiger partial charge in [0.25, 0.3) is 0 Å². The minimum atomic E-state index is -1.71. The van der Waals surface area contributed by atoms with Gasteiger partial charge in [0.2, 0.25) is 11.8 Å². The first-order valence-electron chi connectivity index (χ1n) is 5.21. The van der Waals surface area contributed by atoms with Crippen LogP contribution in [-0.4, -0.2) is 48.8 Å². The molecule has 2 N–H and O–H groups in total. The molecule has 0 saturated carbocycles. The first-order valence-corrected chi connectivity index (χ1v) is 5.21. The number of hydrogen-bond donors (Lipinski definition) is 2. The van der Waals surface area contributed by atoms with Gasteiger partial charge in [0, 0.05) is 13.8 Å². The second-order valence-electron chi connectivity index (χ2n) is 3.34. The second kappa shape index (κ2) is 8.34. The standard InChI is InChI=1S/C10H12N2O8/c1-5(13)11-3-7(15)19-9(17)10(18)20-8(16)4-12-6(2)14/h3-4H2,1-2H3,(H,11,13)(H,12,14). The lowest BCUT2D eigenvalue weighted by Gasteiger charge is -2.04. The number of nitrogens with one attached hydrogen (secondary N) is 2. The fraction of sp³-hybridized carbons (Fsp3) is 0.400. The van der Waals surface area contributed by atoms with Crippen molar-refractivity contribution in [2.75, 3.05) is 13.1 Å². The van der Waals surface area contributed by atoms with E-state index >= 15 is 0 Å². The number of esters is 4. The molecular formula is C10H12N2O8. The van der Waals surface area contributed by atoms with Gasteiger partial charge in [0.15, 0.2) is 0 Å². The van der Waals surface area contributed by atoms with Crippen molar-refractivity contribution in [2.24, 2.45) is 0 Å². The average molecular weight is 288 g/mol. The highest BCUT2D eigenvalue weighted by Gasteiger charge is 2.24. The lowest BCUT2D eigenvalue weighted by atomic mass is 10.5. The summed E-state index contributed by atoms with van der Waals surface area (Å²) in [6.07, 6.45) is 0. The van der Waals surface area contributed by atoms with Crippen LogP contribution < -0.4 is 10.6 Å². The zero-order chi connectivity index (χ0) is 15.7. The SMILES string of the molecule is CC(=O)NCC(=O)OC(=O)C(=O)OC(=O)CNC(C)=O. The molecule has 110 valence electrons. The van der Waals surface area contributed by atoms with Crippen LogP contribution in [0.25, 0.3) is 0 Å². The van der Waals surface area contributed by atoms with Crippen LogP contribution in [0.15, 0.2) is 0 Å². The molecule has 0 aromatic rings. The highest BCUT2D eigenvalue weighted by molar-refractivity contribution is 6.33. The van der Waals surface area contributed by atoms with Crippen molar-refractivity contribution in [1.82, 2.24) is 10.6 Å². The number of ether oxygens (including phenoxy) is 2. The molecule has 0 heterocycles.